The van der Waals surface area contributed by atoms with E-state index in [1.54, 1.807) is 55.6 Å². The molecule has 30 heavy (non-hydrogen) atoms. The molecule has 0 heterocycles. The number of ether oxygens (including phenoxy) is 2. The molecule has 0 aliphatic heterocycles. The summed E-state index contributed by atoms with van der Waals surface area (Å²) in [6.07, 6.45) is 0.425. The number of benzene rings is 2. The summed E-state index contributed by atoms with van der Waals surface area (Å²) in [5.74, 6) is -0.122. The summed E-state index contributed by atoms with van der Waals surface area (Å²) in [6, 6.07) is 12.9. The lowest BCUT2D eigenvalue weighted by atomic mass is 10.1. The van der Waals surface area contributed by atoms with Gasteiger partial charge in [-0.15, -0.1) is 0 Å². The molecular weight excluding hydrogens is 386 g/mol. The summed E-state index contributed by atoms with van der Waals surface area (Å²) in [5.41, 5.74) is 6.06. The Balaban J connectivity index is 1.83. The first-order chi connectivity index (χ1) is 14.4. The van der Waals surface area contributed by atoms with Crippen molar-refractivity contribution in [1.29, 1.82) is 0 Å². The molecule has 3 amide bonds. The average Bonchev–Trinajstić information content (AvgIpc) is 2.72. The molecule has 0 saturated carbocycles. The highest BCUT2D eigenvalue weighted by Crippen LogP contribution is 2.13. The molecule has 8 nitrogen and oxygen atoms in total. The van der Waals surface area contributed by atoms with Gasteiger partial charge >= 0.3 is 0 Å². The van der Waals surface area contributed by atoms with Crippen LogP contribution in [0.2, 0.25) is 0 Å². The monoisotopic (exact) mass is 413 g/mol. The van der Waals surface area contributed by atoms with Gasteiger partial charge in [-0.3, -0.25) is 25.2 Å². The van der Waals surface area contributed by atoms with Crippen molar-refractivity contribution in [2.45, 2.75) is 20.3 Å². The van der Waals surface area contributed by atoms with Gasteiger partial charge in [0.05, 0.1) is 6.61 Å². The maximum Gasteiger partial charge on any atom is 0.269 e. The Kier molecular flexibility index (Phi) is 8.83. The second-order valence-electron chi connectivity index (χ2n) is 7.00. The van der Waals surface area contributed by atoms with Crippen molar-refractivity contribution in [3.8, 4) is 5.75 Å². The third-order valence-electron chi connectivity index (χ3n) is 3.99. The van der Waals surface area contributed by atoms with Crippen LogP contribution in [0.4, 0.5) is 5.69 Å². The van der Waals surface area contributed by atoms with Crippen LogP contribution in [-0.4, -0.2) is 38.0 Å². The number of hydrazine groups is 1. The van der Waals surface area contributed by atoms with Gasteiger partial charge < -0.3 is 14.8 Å². The third kappa shape index (κ3) is 7.56. The Labute approximate surface area is 175 Å². The quantitative estimate of drug-likeness (QED) is 0.433. The van der Waals surface area contributed by atoms with Crippen molar-refractivity contribution in [2.75, 3.05) is 25.6 Å². The molecular formula is C22H27N3O5. The van der Waals surface area contributed by atoms with Crippen molar-refractivity contribution in [3.63, 3.8) is 0 Å². The lowest BCUT2D eigenvalue weighted by Crippen LogP contribution is -2.41. The van der Waals surface area contributed by atoms with Crippen molar-refractivity contribution >= 4 is 23.4 Å². The van der Waals surface area contributed by atoms with Gasteiger partial charge in [0.25, 0.3) is 11.8 Å². The predicted molar refractivity (Wildman–Crippen MR) is 113 cm³/mol. The summed E-state index contributed by atoms with van der Waals surface area (Å²) < 4.78 is 10.3. The van der Waals surface area contributed by atoms with Crippen molar-refractivity contribution in [1.82, 2.24) is 10.9 Å². The van der Waals surface area contributed by atoms with Gasteiger partial charge in [0.1, 0.15) is 12.4 Å². The van der Waals surface area contributed by atoms with E-state index in [1.165, 1.54) is 0 Å². The molecule has 8 heteroatoms. The van der Waals surface area contributed by atoms with Crippen LogP contribution in [0.25, 0.3) is 0 Å². The Morgan fingerprint density at radius 1 is 0.833 bits per heavy atom. The number of carbonyl (C=O) groups excluding carboxylic acids is 3. The molecule has 3 N–H and O–H groups in total. The van der Waals surface area contributed by atoms with Crippen LogP contribution in [0.3, 0.4) is 0 Å². The van der Waals surface area contributed by atoms with E-state index in [9.17, 15) is 14.4 Å². The van der Waals surface area contributed by atoms with Crippen molar-refractivity contribution in [2.24, 2.45) is 5.92 Å². The molecule has 0 atom stereocenters. The molecule has 0 aliphatic rings. The molecule has 160 valence electrons. The van der Waals surface area contributed by atoms with Crippen LogP contribution in [-0.2, 0) is 9.53 Å². The van der Waals surface area contributed by atoms with Gasteiger partial charge in [-0.2, -0.15) is 0 Å². The number of rotatable bonds is 9. The first kappa shape index (κ1) is 22.9. The molecule has 0 spiro atoms. The van der Waals surface area contributed by atoms with Gasteiger partial charge in [0, 0.05) is 30.3 Å². The van der Waals surface area contributed by atoms with Gasteiger partial charge in [0.15, 0.2) is 0 Å². The molecule has 2 aromatic rings. The minimum Gasteiger partial charge on any atom is -0.491 e. The lowest BCUT2D eigenvalue weighted by molar-refractivity contribution is -0.116. The van der Waals surface area contributed by atoms with Gasteiger partial charge in [0.2, 0.25) is 5.91 Å². The summed E-state index contributed by atoms with van der Waals surface area (Å²) >= 11 is 0. The maximum absolute atomic E-state index is 12.2. The van der Waals surface area contributed by atoms with E-state index in [2.05, 4.69) is 16.2 Å². The number of amides is 3. The number of carbonyl (C=O) groups is 3. The van der Waals surface area contributed by atoms with E-state index in [4.69, 9.17) is 9.47 Å². The van der Waals surface area contributed by atoms with E-state index in [1.807, 2.05) is 13.8 Å². The summed E-state index contributed by atoms with van der Waals surface area (Å²) in [4.78, 5) is 36.2. The zero-order valence-corrected chi connectivity index (χ0v) is 17.4. The van der Waals surface area contributed by atoms with Crippen molar-refractivity contribution in [3.05, 3.63) is 59.7 Å². The van der Waals surface area contributed by atoms with E-state index < -0.39 is 11.8 Å². The number of hydrogen-bond acceptors (Lipinski definition) is 5. The second kappa shape index (κ2) is 11.6. The zero-order valence-electron chi connectivity index (χ0n) is 17.4. The Morgan fingerprint density at radius 3 is 1.87 bits per heavy atom. The summed E-state index contributed by atoms with van der Waals surface area (Å²) in [7, 11) is 1.59. The van der Waals surface area contributed by atoms with Gasteiger partial charge in [-0.25, -0.2) is 0 Å². The number of anilines is 1. The fourth-order valence-electron chi connectivity index (χ4n) is 2.49. The van der Waals surface area contributed by atoms with Gasteiger partial charge in [-0.1, -0.05) is 13.8 Å². The van der Waals surface area contributed by atoms with E-state index in [-0.39, 0.29) is 11.8 Å². The Hall–Kier alpha value is -3.39. The highest BCUT2D eigenvalue weighted by molar-refractivity contribution is 5.99. The fourth-order valence-corrected chi connectivity index (χ4v) is 2.49. The fraction of sp³-hybridized carbons (Fsp3) is 0.318. The topological polar surface area (TPSA) is 106 Å². The Bertz CT molecular complexity index is 848. The minimum atomic E-state index is -0.470. The zero-order chi connectivity index (χ0) is 21.9. The molecule has 2 aromatic carbocycles. The normalized spacial score (nSPS) is 10.4. The molecule has 0 aromatic heterocycles. The van der Waals surface area contributed by atoms with Crippen LogP contribution < -0.4 is 20.9 Å². The van der Waals surface area contributed by atoms with Crippen LogP contribution in [0.1, 0.15) is 41.0 Å². The van der Waals surface area contributed by atoms with Crippen LogP contribution in [0.5, 0.6) is 5.75 Å². The SMILES string of the molecule is COCCOc1ccc(C(=O)NNC(=O)c2ccc(NC(=O)CC(C)C)cc2)cc1. The lowest BCUT2D eigenvalue weighted by Gasteiger charge is -2.10. The predicted octanol–water partition coefficient (Wildman–Crippen LogP) is 2.77. The molecule has 0 radical (unpaired) electrons. The molecule has 0 fully saturated rings. The number of methoxy groups -OCH3 is 1. The largest absolute Gasteiger partial charge is 0.491 e. The first-order valence-electron chi connectivity index (χ1n) is 9.61. The van der Waals surface area contributed by atoms with Crippen LogP contribution in [0, 0.1) is 5.92 Å². The van der Waals surface area contributed by atoms with E-state index >= 15 is 0 Å². The van der Waals surface area contributed by atoms with E-state index in [0.717, 1.165) is 0 Å². The summed E-state index contributed by atoms with van der Waals surface area (Å²) in [6.45, 7) is 4.82. The van der Waals surface area contributed by atoms with Crippen molar-refractivity contribution < 1.29 is 23.9 Å². The standard InChI is InChI=1S/C22H27N3O5/c1-15(2)14-20(26)23-18-8-4-16(5-9-18)21(27)24-25-22(28)17-6-10-19(11-7-17)30-13-12-29-3/h4-11,15H,12-14H2,1-3H3,(H,23,26)(H,24,27)(H,25,28). The Morgan fingerprint density at radius 2 is 1.37 bits per heavy atom. The summed E-state index contributed by atoms with van der Waals surface area (Å²) in [5, 5.41) is 2.77. The highest BCUT2D eigenvalue weighted by atomic mass is 16.5. The highest BCUT2D eigenvalue weighted by Gasteiger charge is 2.10. The van der Waals surface area contributed by atoms with Crippen LogP contribution in [0.15, 0.2) is 48.5 Å². The van der Waals surface area contributed by atoms with E-state index in [0.29, 0.717) is 42.2 Å². The first-order valence-corrected chi connectivity index (χ1v) is 9.61. The smallest absolute Gasteiger partial charge is 0.269 e. The molecule has 2 rings (SSSR count). The molecule has 0 unspecified atom stereocenters. The number of hydrogen-bond donors (Lipinski definition) is 3. The number of nitrogens with one attached hydrogen (secondary N) is 3. The molecule has 0 aliphatic carbocycles. The van der Waals surface area contributed by atoms with Crippen LogP contribution >= 0.6 is 0 Å². The molecule has 0 saturated heterocycles. The minimum absolute atomic E-state index is 0.0791. The average molecular weight is 413 g/mol. The third-order valence-corrected chi connectivity index (χ3v) is 3.99. The molecule has 0 bridgehead atoms. The van der Waals surface area contributed by atoms with Gasteiger partial charge in [-0.05, 0) is 54.4 Å². The maximum atomic E-state index is 12.2. The second-order valence-corrected chi connectivity index (χ2v) is 7.00.